The van der Waals surface area contributed by atoms with Crippen molar-refractivity contribution >= 4 is 22.8 Å². The summed E-state index contributed by atoms with van der Waals surface area (Å²) >= 11 is 0. The first-order chi connectivity index (χ1) is 19.6. The van der Waals surface area contributed by atoms with Gasteiger partial charge in [0.05, 0.1) is 27.6 Å². The predicted octanol–water partition coefficient (Wildman–Crippen LogP) is 6.76. The third kappa shape index (κ3) is 5.98. The largest absolute Gasteiger partial charge is 0.482 e. The summed E-state index contributed by atoms with van der Waals surface area (Å²) < 4.78 is 46.8. The quantitative estimate of drug-likeness (QED) is 0.125. The van der Waals surface area contributed by atoms with Crippen molar-refractivity contribution in [2.75, 3.05) is 0 Å². The van der Waals surface area contributed by atoms with Crippen LogP contribution in [0.4, 0.5) is 18.9 Å². The Balaban J connectivity index is 1.54. The number of para-hydroxylation sites is 1. The van der Waals surface area contributed by atoms with Crippen LogP contribution in [0.2, 0.25) is 0 Å². The molecule has 0 radical (unpaired) electrons. The van der Waals surface area contributed by atoms with Crippen LogP contribution in [-0.4, -0.2) is 20.8 Å². The highest BCUT2D eigenvalue weighted by molar-refractivity contribution is 5.83. The van der Waals surface area contributed by atoms with Gasteiger partial charge in [-0.3, -0.25) is 14.9 Å². The van der Waals surface area contributed by atoms with Gasteiger partial charge in [0.1, 0.15) is 6.61 Å². The third-order valence-corrected chi connectivity index (χ3v) is 6.18. The lowest BCUT2D eigenvalue weighted by molar-refractivity contribution is -0.385. The van der Waals surface area contributed by atoms with Crippen molar-refractivity contribution in [3.05, 3.63) is 134 Å². The Kier molecular flexibility index (Phi) is 7.34. The first-order valence-electron chi connectivity index (χ1n) is 12.3. The highest BCUT2D eigenvalue weighted by Crippen LogP contribution is 2.32. The minimum atomic E-state index is -4.61. The summed E-state index contributed by atoms with van der Waals surface area (Å²) in [6, 6.07) is 22.5. The number of aryl methyl sites for hydroxylation is 1. The molecule has 0 N–H and O–H groups in total. The molecule has 0 aliphatic carbocycles. The maximum atomic E-state index is 13.4. The Morgan fingerprint density at radius 3 is 2.54 bits per heavy atom. The number of nitro groups is 1. The van der Waals surface area contributed by atoms with Crippen molar-refractivity contribution in [3.63, 3.8) is 0 Å². The number of hydrogen-bond acceptors (Lipinski definition) is 6. The predicted molar refractivity (Wildman–Crippen MR) is 148 cm³/mol. The summed E-state index contributed by atoms with van der Waals surface area (Å²) in [5.41, 5.74) is 0.577. The molecule has 206 valence electrons. The average molecular weight is 559 g/mol. The van der Waals surface area contributed by atoms with Crippen LogP contribution in [-0.2, 0) is 12.8 Å². The summed E-state index contributed by atoms with van der Waals surface area (Å²) in [7, 11) is 0. The number of nitro benzene ring substituents is 1. The minimum absolute atomic E-state index is 0.0192. The molecule has 5 rings (SSSR count). The first-order valence-corrected chi connectivity index (χ1v) is 12.3. The summed E-state index contributed by atoms with van der Waals surface area (Å²) in [5.74, 6) is -0.0773. The van der Waals surface area contributed by atoms with Gasteiger partial charge in [-0.15, -0.1) is 0 Å². The van der Waals surface area contributed by atoms with E-state index in [1.807, 2.05) is 31.2 Å². The zero-order valence-electron chi connectivity index (χ0n) is 21.5. The van der Waals surface area contributed by atoms with Gasteiger partial charge in [0.15, 0.2) is 11.6 Å². The molecular weight excluding hydrogens is 537 g/mol. The van der Waals surface area contributed by atoms with E-state index in [2.05, 4.69) is 10.1 Å². The number of alkyl halides is 3. The van der Waals surface area contributed by atoms with Crippen LogP contribution >= 0.6 is 0 Å². The monoisotopic (exact) mass is 558 g/mol. The zero-order chi connectivity index (χ0) is 29.1. The molecule has 0 saturated heterocycles. The van der Waals surface area contributed by atoms with E-state index in [9.17, 15) is 28.1 Å². The molecule has 0 unspecified atom stereocenters. The SMILES string of the molecule is Cc1cccc(COc2ccc(C=Nn3c(-c4cccc(C(F)(F)F)c4)nc4ccccc4c3=O)cc2[N+](=O)[O-])c1. The van der Waals surface area contributed by atoms with E-state index in [4.69, 9.17) is 4.74 Å². The van der Waals surface area contributed by atoms with Gasteiger partial charge in [-0.25, -0.2) is 4.98 Å². The molecule has 1 heterocycles. The second-order valence-corrected chi connectivity index (χ2v) is 9.15. The fourth-order valence-corrected chi connectivity index (χ4v) is 4.22. The number of ether oxygens (including phenoxy) is 1. The van der Waals surface area contributed by atoms with Crippen molar-refractivity contribution in [1.82, 2.24) is 9.66 Å². The molecular formula is C30H21F3N4O4. The number of halogens is 3. The van der Waals surface area contributed by atoms with Crippen LogP contribution in [0.1, 0.15) is 22.3 Å². The fraction of sp³-hybridized carbons (Fsp3) is 0.100. The molecule has 1 aromatic heterocycles. The Labute approximate surface area is 231 Å². The zero-order valence-corrected chi connectivity index (χ0v) is 21.5. The van der Waals surface area contributed by atoms with Gasteiger partial charge >= 0.3 is 11.9 Å². The smallest absolute Gasteiger partial charge is 0.416 e. The number of fused-ring (bicyclic) bond motifs is 1. The molecule has 0 atom stereocenters. The maximum Gasteiger partial charge on any atom is 0.416 e. The van der Waals surface area contributed by atoms with E-state index >= 15 is 0 Å². The number of aromatic nitrogens is 2. The lowest BCUT2D eigenvalue weighted by Crippen LogP contribution is -2.20. The first kappa shape index (κ1) is 27.3. The summed E-state index contributed by atoms with van der Waals surface area (Å²) in [6.07, 6.45) is -3.41. The third-order valence-electron chi connectivity index (χ3n) is 6.18. The summed E-state index contributed by atoms with van der Waals surface area (Å²) in [4.78, 5) is 29.0. The van der Waals surface area contributed by atoms with Gasteiger partial charge in [0.25, 0.3) is 5.56 Å². The molecule has 0 fully saturated rings. The van der Waals surface area contributed by atoms with Gasteiger partial charge in [-0.1, -0.05) is 54.1 Å². The number of benzene rings is 4. The van der Waals surface area contributed by atoms with Gasteiger partial charge in [-0.2, -0.15) is 22.9 Å². The van der Waals surface area contributed by atoms with E-state index in [1.54, 1.807) is 18.2 Å². The molecule has 0 saturated carbocycles. The van der Waals surface area contributed by atoms with Crippen molar-refractivity contribution in [2.45, 2.75) is 19.7 Å². The normalized spacial score (nSPS) is 11.7. The molecule has 0 aliphatic heterocycles. The van der Waals surface area contributed by atoms with E-state index in [1.165, 1.54) is 42.6 Å². The summed E-state index contributed by atoms with van der Waals surface area (Å²) in [5, 5.41) is 16.2. The van der Waals surface area contributed by atoms with Crippen LogP contribution < -0.4 is 10.3 Å². The van der Waals surface area contributed by atoms with Crippen molar-refractivity contribution in [1.29, 1.82) is 0 Å². The van der Waals surface area contributed by atoms with E-state index < -0.39 is 22.2 Å². The van der Waals surface area contributed by atoms with Gasteiger partial charge < -0.3 is 4.74 Å². The molecule has 0 bridgehead atoms. The van der Waals surface area contributed by atoms with E-state index in [0.717, 1.165) is 27.9 Å². The van der Waals surface area contributed by atoms with Gasteiger partial charge in [-0.05, 0) is 48.9 Å². The minimum Gasteiger partial charge on any atom is -0.482 e. The van der Waals surface area contributed by atoms with Crippen LogP contribution in [0.5, 0.6) is 5.75 Å². The van der Waals surface area contributed by atoms with Gasteiger partial charge in [0.2, 0.25) is 0 Å². The van der Waals surface area contributed by atoms with Crippen LogP contribution in [0.25, 0.3) is 22.3 Å². The van der Waals surface area contributed by atoms with Gasteiger partial charge in [0, 0.05) is 17.2 Å². The highest BCUT2D eigenvalue weighted by Gasteiger charge is 2.31. The summed E-state index contributed by atoms with van der Waals surface area (Å²) in [6.45, 7) is 2.05. The molecule has 0 amide bonds. The van der Waals surface area contributed by atoms with Crippen molar-refractivity contribution < 1.29 is 22.8 Å². The molecule has 0 spiro atoms. The lowest BCUT2D eigenvalue weighted by atomic mass is 10.1. The molecule has 5 aromatic rings. The second-order valence-electron chi connectivity index (χ2n) is 9.15. The van der Waals surface area contributed by atoms with E-state index in [-0.39, 0.29) is 45.9 Å². The Morgan fingerprint density at radius 1 is 1.00 bits per heavy atom. The molecule has 4 aromatic carbocycles. The maximum absolute atomic E-state index is 13.4. The molecule has 41 heavy (non-hydrogen) atoms. The van der Waals surface area contributed by atoms with Crippen LogP contribution in [0.3, 0.4) is 0 Å². The molecule has 11 heteroatoms. The Hall–Kier alpha value is -5.32. The van der Waals surface area contributed by atoms with Crippen LogP contribution in [0, 0.1) is 17.0 Å². The Morgan fingerprint density at radius 2 is 1.78 bits per heavy atom. The van der Waals surface area contributed by atoms with E-state index in [0.29, 0.717) is 0 Å². The lowest BCUT2D eigenvalue weighted by Gasteiger charge is -2.12. The standard InChI is InChI=1S/C30H21F3N4O4/c1-19-6-4-7-21(14-19)18-41-27-13-12-20(15-26(27)37(39)40)17-34-36-28(22-8-5-9-23(16-22)30(31,32)33)35-25-11-3-2-10-24(25)29(36)38/h2-17H,18H2,1H3. The number of hydrogen-bond donors (Lipinski definition) is 0. The topological polar surface area (TPSA) is 99.6 Å². The molecule has 8 nitrogen and oxygen atoms in total. The number of nitrogens with zero attached hydrogens (tertiary/aromatic N) is 4. The number of rotatable bonds is 7. The van der Waals surface area contributed by atoms with Crippen molar-refractivity contribution in [2.24, 2.45) is 5.10 Å². The average Bonchev–Trinajstić information content (AvgIpc) is 2.95. The molecule has 0 aliphatic rings. The fourth-order valence-electron chi connectivity index (χ4n) is 4.22. The van der Waals surface area contributed by atoms with Crippen molar-refractivity contribution in [3.8, 4) is 17.1 Å². The second kappa shape index (κ2) is 11.0. The highest BCUT2D eigenvalue weighted by atomic mass is 19.4. The Bertz CT molecular complexity index is 1870. The van der Waals surface area contributed by atoms with Crippen LogP contribution in [0.15, 0.2) is 101 Å².